The molecule has 1 amide bonds. The molecule has 1 N–H and O–H groups in total. The third-order valence-electron chi connectivity index (χ3n) is 4.20. The van der Waals surface area contributed by atoms with Crippen LogP contribution in [0, 0.1) is 5.41 Å². The fraction of sp³-hybridized carbons (Fsp3) is 0.688. The summed E-state index contributed by atoms with van der Waals surface area (Å²) in [4.78, 5) is 14.8. The Morgan fingerprint density at radius 2 is 1.90 bits per heavy atom. The zero-order valence-corrected chi connectivity index (χ0v) is 13.0. The van der Waals surface area contributed by atoms with Gasteiger partial charge >= 0.3 is 0 Å². The minimum absolute atomic E-state index is 0.0433. The van der Waals surface area contributed by atoms with Gasteiger partial charge in [-0.05, 0) is 44.2 Å². The van der Waals surface area contributed by atoms with Crippen molar-refractivity contribution in [2.24, 2.45) is 5.41 Å². The van der Waals surface area contributed by atoms with Crippen molar-refractivity contribution in [2.45, 2.75) is 52.2 Å². The molecule has 1 fully saturated rings. The molecular formula is C16H26N2O2. The zero-order chi connectivity index (χ0) is 15.0. The topological polar surface area (TPSA) is 45.5 Å². The van der Waals surface area contributed by atoms with Crippen LogP contribution in [0.2, 0.25) is 0 Å². The Kier molecular flexibility index (Phi) is 3.96. The van der Waals surface area contributed by atoms with Crippen LogP contribution < -0.4 is 0 Å². The monoisotopic (exact) mass is 278 g/mol. The second-order valence-electron chi connectivity index (χ2n) is 7.19. The normalized spacial score (nSPS) is 23.4. The molecule has 1 aromatic heterocycles. The van der Waals surface area contributed by atoms with Crippen LogP contribution in [0.25, 0.3) is 0 Å². The third-order valence-corrected chi connectivity index (χ3v) is 4.20. The minimum atomic E-state index is -0.588. The summed E-state index contributed by atoms with van der Waals surface area (Å²) in [6.45, 7) is 9.46. The van der Waals surface area contributed by atoms with Crippen molar-refractivity contribution < 1.29 is 9.90 Å². The SMILES string of the molecule is CC1(C)C[C@@H](O)CCN(C(=O)C(C)(C)n2cccc2)C1. The molecule has 0 unspecified atom stereocenters. The van der Waals surface area contributed by atoms with Gasteiger partial charge in [-0.25, -0.2) is 0 Å². The van der Waals surface area contributed by atoms with Gasteiger partial charge in [-0.1, -0.05) is 13.8 Å². The summed E-state index contributed by atoms with van der Waals surface area (Å²) in [7, 11) is 0. The molecular weight excluding hydrogens is 252 g/mol. The summed E-state index contributed by atoms with van der Waals surface area (Å²) >= 11 is 0. The fourth-order valence-electron chi connectivity index (χ4n) is 3.08. The van der Waals surface area contributed by atoms with Crippen LogP contribution in [-0.4, -0.2) is 39.7 Å². The second kappa shape index (κ2) is 5.24. The third kappa shape index (κ3) is 3.06. The van der Waals surface area contributed by atoms with Crippen LogP contribution in [-0.2, 0) is 10.3 Å². The molecule has 1 aliphatic rings. The molecule has 0 aliphatic carbocycles. The quantitative estimate of drug-likeness (QED) is 0.901. The predicted molar refractivity (Wildman–Crippen MR) is 79.4 cm³/mol. The summed E-state index contributed by atoms with van der Waals surface area (Å²) in [5, 5.41) is 9.97. The molecule has 0 spiro atoms. The molecule has 1 aromatic rings. The van der Waals surface area contributed by atoms with Gasteiger partial charge in [0.2, 0.25) is 5.91 Å². The molecule has 1 saturated heterocycles. The summed E-state index contributed by atoms with van der Waals surface area (Å²) in [5.41, 5.74) is -0.632. The lowest BCUT2D eigenvalue weighted by Crippen LogP contribution is -2.49. The highest BCUT2D eigenvalue weighted by atomic mass is 16.3. The average molecular weight is 278 g/mol. The Hall–Kier alpha value is -1.29. The van der Waals surface area contributed by atoms with Gasteiger partial charge < -0.3 is 14.6 Å². The van der Waals surface area contributed by atoms with E-state index in [-0.39, 0.29) is 17.4 Å². The average Bonchev–Trinajstić information content (AvgIpc) is 2.82. The lowest BCUT2D eigenvalue weighted by atomic mass is 9.86. The molecule has 20 heavy (non-hydrogen) atoms. The van der Waals surface area contributed by atoms with Crippen LogP contribution in [0.4, 0.5) is 0 Å². The maximum absolute atomic E-state index is 12.9. The Morgan fingerprint density at radius 1 is 1.30 bits per heavy atom. The number of aliphatic hydroxyl groups is 1. The number of aromatic nitrogens is 1. The summed E-state index contributed by atoms with van der Waals surface area (Å²) < 4.78 is 1.95. The largest absolute Gasteiger partial charge is 0.393 e. The molecule has 0 saturated carbocycles. The van der Waals surface area contributed by atoms with E-state index < -0.39 is 5.54 Å². The lowest BCUT2D eigenvalue weighted by Gasteiger charge is -2.36. The van der Waals surface area contributed by atoms with E-state index in [4.69, 9.17) is 0 Å². The Labute approximate surface area is 121 Å². The molecule has 4 heteroatoms. The Bertz CT molecular complexity index is 463. The van der Waals surface area contributed by atoms with E-state index in [0.29, 0.717) is 19.5 Å². The molecule has 1 atom stereocenters. The summed E-state index contributed by atoms with van der Waals surface area (Å²) in [6, 6.07) is 3.87. The second-order valence-corrected chi connectivity index (χ2v) is 7.19. The van der Waals surface area contributed by atoms with E-state index in [2.05, 4.69) is 13.8 Å². The van der Waals surface area contributed by atoms with Crippen LogP contribution in [0.15, 0.2) is 24.5 Å². The van der Waals surface area contributed by atoms with Crippen molar-refractivity contribution in [3.8, 4) is 0 Å². The standard InChI is InChI=1S/C16H26N2O2/c1-15(2)11-13(19)7-10-17(12-15)14(20)16(3,4)18-8-5-6-9-18/h5-6,8-9,13,19H,7,10-12H2,1-4H3/t13-/m0/s1. The first-order valence-electron chi connectivity index (χ1n) is 7.33. The van der Waals surface area contributed by atoms with Crippen molar-refractivity contribution in [3.05, 3.63) is 24.5 Å². The number of amides is 1. The smallest absolute Gasteiger partial charge is 0.248 e. The number of nitrogens with zero attached hydrogens (tertiary/aromatic N) is 2. The zero-order valence-electron chi connectivity index (χ0n) is 13.0. The molecule has 112 valence electrons. The van der Waals surface area contributed by atoms with Crippen molar-refractivity contribution in [2.75, 3.05) is 13.1 Å². The fourth-order valence-corrected chi connectivity index (χ4v) is 3.08. The Balaban J connectivity index is 2.20. The van der Waals surface area contributed by atoms with Crippen LogP contribution in [0.5, 0.6) is 0 Å². The number of likely N-dealkylation sites (tertiary alicyclic amines) is 1. The number of carbonyl (C=O) groups is 1. The van der Waals surface area contributed by atoms with Crippen LogP contribution >= 0.6 is 0 Å². The number of hydrogen-bond acceptors (Lipinski definition) is 2. The molecule has 0 aromatic carbocycles. The van der Waals surface area contributed by atoms with Gasteiger partial charge in [0.25, 0.3) is 0 Å². The van der Waals surface area contributed by atoms with E-state index in [9.17, 15) is 9.90 Å². The Morgan fingerprint density at radius 3 is 2.50 bits per heavy atom. The molecule has 2 rings (SSSR count). The maximum Gasteiger partial charge on any atom is 0.248 e. The number of carbonyl (C=O) groups excluding carboxylic acids is 1. The van der Waals surface area contributed by atoms with Gasteiger partial charge in [0.05, 0.1) is 6.10 Å². The van der Waals surface area contributed by atoms with Crippen LogP contribution in [0.1, 0.15) is 40.5 Å². The predicted octanol–water partition coefficient (Wildman–Crippen LogP) is 2.23. The maximum atomic E-state index is 12.9. The summed E-state index contributed by atoms with van der Waals surface area (Å²) in [6.07, 6.45) is 4.96. The lowest BCUT2D eigenvalue weighted by molar-refractivity contribution is -0.140. The van der Waals surface area contributed by atoms with Gasteiger partial charge in [-0.15, -0.1) is 0 Å². The van der Waals surface area contributed by atoms with Crippen molar-refractivity contribution in [1.29, 1.82) is 0 Å². The minimum Gasteiger partial charge on any atom is -0.393 e. The summed E-state index contributed by atoms with van der Waals surface area (Å²) in [5.74, 6) is 0.121. The molecule has 0 bridgehead atoms. The molecule has 1 aliphatic heterocycles. The van der Waals surface area contributed by atoms with Gasteiger partial charge in [0, 0.05) is 25.5 Å². The molecule has 4 nitrogen and oxygen atoms in total. The van der Waals surface area contributed by atoms with Crippen molar-refractivity contribution in [1.82, 2.24) is 9.47 Å². The van der Waals surface area contributed by atoms with Gasteiger partial charge in [0.1, 0.15) is 5.54 Å². The molecule has 0 radical (unpaired) electrons. The van der Waals surface area contributed by atoms with Crippen molar-refractivity contribution >= 4 is 5.91 Å². The van der Waals surface area contributed by atoms with Gasteiger partial charge in [-0.2, -0.15) is 0 Å². The first-order chi connectivity index (χ1) is 9.22. The highest BCUT2D eigenvalue weighted by Gasteiger charge is 2.38. The molecule has 2 heterocycles. The van der Waals surface area contributed by atoms with E-state index in [1.165, 1.54) is 0 Å². The van der Waals surface area contributed by atoms with E-state index in [1.807, 2.05) is 47.8 Å². The number of aliphatic hydroxyl groups excluding tert-OH is 1. The van der Waals surface area contributed by atoms with E-state index in [0.717, 1.165) is 6.42 Å². The van der Waals surface area contributed by atoms with E-state index in [1.54, 1.807) is 0 Å². The highest BCUT2D eigenvalue weighted by molar-refractivity contribution is 5.83. The van der Waals surface area contributed by atoms with Crippen molar-refractivity contribution in [3.63, 3.8) is 0 Å². The van der Waals surface area contributed by atoms with Crippen LogP contribution in [0.3, 0.4) is 0 Å². The first-order valence-corrected chi connectivity index (χ1v) is 7.33. The number of hydrogen-bond donors (Lipinski definition) is 1. The number of rotatable bonds is 2. The van der Waals surface area contributed by atoms with Gasteiger partial charge in [-0.3, -0.25) is 4.79 Å². The van der Waals surface area contributed by atoms with E-state index >= 15 is 0 Å². The van der Waals surface area contributed by atoms with Gasteiger partial charge in [0.15, 0.2) is 0 Å². The highest BCUT2D eigenvalue weighted by Crippen LogP contribution is 2.30. The first kappa shape index (κ1) is 15.1.